The van der Waals surface area contributed by atoms with Gasteiger partial charge in [-0.25, -0.2) is 4.39 Å². The highest BCUT2D eigenvalue weighted by Crippen LogP contribution is 2.21. The number of methoxy groups -OCH3 is 1. The molecule has 172 valence electrons. The first kappa shape index (κ1) is 24.0. The first-order valence-corrected chi connectivity index (χ1v) is 11.0. The van der Waals surface area contributed by atoms with E-state index in [2.05, 4.69) is 5.32 Å². The molecule has 0 bridgehead atoms. The highest BCUT2D eigenvalue weighted by Gasteiger charge is 2.16. The lowest BCUT2D eigenvalue weighted by molar-refractivity contribution is -0.120. The van der Waals surface area contributed by atoms with Crippen molar-refractivity contribution < 1.29 is 18.7 Å². The van der Waals surface area contributed by atoms with Gasteiger partial charge in [0.1, 0.15) is 11.6 Å². The van der Waals surface area contributed by atoms with Crippen molar-refractivity contribution in [1.29, 1.82) is 0 Å². The lowest BCUT2D eigenvalue weighted by Gasteiger charge is -2.23. The van der Waals surface area contributed by atoms with E-state index in [1.54, 1.807) is 31.1 Å². The minimum atomic E-state index is -0.313. The Morgan fingerprint density at radius 3 is 2.30 bits per heavy atom. The normalized spacial score (nSPS) is 10.5. The molecule has 0 spiro atoms. The number of ether oxygens (including phenoxy) is 1. The van der Waals surface area contributed by atoms with Gasteiger partial charge < -0.3 is 15.0 Å². The molecule has 0 aliphatic carbocycles. The molecule has 3 aromatic carbocycles. The zero-order valence-electron chi connectivity index (χ0n) is 19.0. The third-order valence-corrected chi connectivity index (χ3v) is 5.34. The second kappa shape index (κ2) is 11.8. The Labute approximate surface area is 194 Å². The van der Waals surface area contributed by atoms with Gasteiger partial charge in [0.15, 0.2) is 0 Å². The van der Waals surface area contributed by atoms with Gasteiger partial charge in [0.2, 0.25) is 11.8 Å². The number of amides is 2. The fraction of sp³-hybridized carbons (Fsp3) is 0.259. The Morgan fingerprint density at radius 2 is 1.64 bits per heavy atom. The van der Waals surface area contributed by atoms with Gasteiger partial charge >= 0.3 is 0 Å². The fourth-order valence-corrected chi connectivity index (χ4v) is 3.51. The number of nitrogens with one attached hydrogen (secondary N) is 1. The topological polar surface area (TPSA) is 58.6 Å². The monoisotopic (exact) mass is 448 g/mol. The summed E-state index contributed by atoms with van der Waals surface area (Å²) in [6.07, 6.45) is 1.30. The molecular weight excluding hydrogens is 419 g/mol. The van der Waals surface area contributed by atoms with Crippen molar-refractivity contribution in [3.63, 3.8) is 0 Å². The summed E-state index contributed by atoms with van der Waals surface area (Å²) in [4.78, 5) is 26.7. The lowest BCUT2D eigenvalue weighted by Crippen LogP contribution is -2.30. The molecule has 0 aromatic heterocycles. The molecule has 5 nitrogen and oxygen atoms in total. The third-order valence-electron chi connectivity index (χ3n) is 5.34. The molecule has 3 aromatic rings. The quantitative estimate of drug-likeness (QED) is 0.490. The second-order valence-corrected chi connectivity index (χ2v) is 7.75. The number of hydrogen-bond acceptors (Lipinski definition) is 3. The number of nitrogens with zero attached hydrogens (tertiary/aromatic N) is 1. The Kier molecular flexibility index (Phi) is 8.58. The number of rotatable bonds is 10. The molecule has 0 atom stereocenters. The van der Waals surface area contributed by atoms with Gasteiger partial charge in [-0.05, 0) is 59.5 Å². The Bertz CT molecular complexity index is 1070. The van der Waals surface area contributed by atoms with Crippen molar-refractivity contribution >= 4 is 17.5 Å². The molecule has 0 unspecified atom stereocenters. The van der Waals surface area contributed by atoms with Crippen LogP contribution in [0.3, 0.4) is 0 Å². The standard InChI is InChI=1S/C27H29FN2O3/c1-3-27(32)30(19-21-7-11-23(28)12-8-21)24-6-4-5-22(17-24)18-26(31)29-16-15-20-9-13-25(33-2)14-10-20/h4-14,17H,3,15-16,18-19H2,1-2H3,(H,29,31). The predicted octanol–water partition coefficient (Wildman–Crippen LogP) is 4.68. The van der Waals surface area contributed by atoms with Crippen LogP contribution in [-0.4, -0.2) is 25.5 Å². The molecule has 0 aliphatic rings. The maximum atomic E-state index is 13.2. The molecule has 0 heterocycles. The van der Waals surface area contributed by atoms with Crippen molar-refractivity contribution in [2.24, 2.45) is 0 Å². The van der Waals surface area contributed by atoms with E-state index in [4.69, 9.17) is 4.74 Å². The number of carbonyl (C=O) groups excluding carboxylic acids is 2. The summed E-state index contributed by atoms with van der Waals surface area (Å²) >= 11 is 0. The molecule has 0 saturated carbocycles. The van der Waals surface area contributed by atoms with Crippen LogP contribution >= 0.6 is 0 Å². The summed E-state index contributed by atoms with van der Waals surface area (Å²) < 4.78 is 18.4. The summed E-state index contributed by atoms with van der Waals surface area (Å²) in [5.41, 5.74) is 3.49. The van der Waals surface area contributed by atoms with Crippen LogP contribution in [0, 0.1) is 5.82 Å². The van der Waals surface area contributed by atoms with Gasteiger partial charge in [-0.3, -0.25) is 9.59 Å². The maximum absolute atomic E-state index is 13.2. The van der Waals surface area contributed by atoms with Gasteiger partial charge in [-0.1, -0.05) is 43.3 Å². The average Bonchev–Trinajstić information content (AvgIpc) is 2.83. The van der Waals surface area contributed by atoms with Crippen LogP contribution in [0.5, 0.6) is 5.75 Å². The SMILES string of the molecule is CCC(=O)N(Cc1ccc(F)cc1)c1cccc(CC(=O)NCCc2ccc(OC)cc2)c1. The van der Waals surface area contributed by atoms with Crippen molar-refractivity contribution in [3.8, 4) is 5.75 Å². The van der Waals surface area contributed by atoms with Gasteiger partial charge in [-0.2, -0.15) is 0 Å². The van der Waals surface area contributed by atoms with E-state index in [0.29, 0.717) is 19.5 Å². The van der Waals surface area contributed by atoms with Crippen LogP contribution in [0.2, 0.25) is 0 Å². The van der Waals surface area contributed by atoms with Gasteiger partial charge in [0.05, 0.1) is 20.1 Å². The largest absolute Gasteiger partial charge is 0.497 e. The summed E-state index contributed by atoms with van der Waals surface area (Å²) in [5, 5.41) is 2.95. The second-order valence-electron chi connectivity index (χ2n) is 7.75. The number of hydrogen-bond donors (Lipinski definition) is 1. The van der Waals surface area contributed by atoms with Crippen molar-refractivity contribution in [2.75, 3.05) is 18.6 Å². The van der Waals surface area contributed by atoms with E-state index in [1.807, 2.05) is 48.5 Å². The number of benzene rings is 3. The summed E-state index contributed by atoms with van der Waals surface area (Å²) in [5.74, 6) is 0.373. The first-order chi connectivity index (χ1) is 16.0. The molecular formula is C27H29FN2O3. The molecule has 33 heavy (non-hydrogen) atoms. The summed E-state index contributed by atoms with van der Waals surface area (Å²) in [7, 11) is 1.63. The minimum Gasteiger partial charge on any atom is -0.497 e. The minimum absolute atomic E-state index is 0.0413. The van der Waals surface area contributed by atoms with Crippen LogP contribution < -0.4 is 15.0 Å². The molecule has 0 fully saturated rings. The van der Waals surface area contributed by atoms with Crippen LogP contribution in [0.1, 0.15) is 30.0 Å². The van der Waals surface area contributed by atoms with Crippen LogP contribution in [0.15, 0.2) is 72.8 Å². The highest BCUT2D eigenvalue weighted by molar-refractivity contribution is 5.93. The van der Waals surface area contributed by atoms with E-state index in [9.17, 15) is 14.0 Å². The van der Waals surface area contributed by atoms with Crippen LogP contribution in [0.4, 0.5) is 10.1 Å². The number of anilines is 1. The average molecular weight is 449 g/mol. The molecule has 0 saturated heterocycles. The van der Waals surface area contributed by atoms with E-state index in [0.717, 1.165) is 34.5 Å². The smallest absolute Gasteiger partial charge is 0.227 e. The van der Waals surface area contributed by atoms with E-state index < -0.39 is 0 Å². The Morgan fingerprint density at radius 1 is 0.939 bits per heavy atom. The van der Waals surface area contributed by atoms with Gasteiger partial charge in [0, 0.05) is 18.7 Å². The third kappa shape index (κ3) is 7.17. The lowest BCUT2D eigenvalue weighted by atomic mass is 10.1. The molecule has 0 aliphatic heterocycles. The zero-order valence-corrected chi connectivity index (χ0v) is 19.0. The van der Waals surface area contributed by atoms with E-state index in [-0.39, 0.29) is 24.1 Å². The zero-order chi connectivity index (χ0) is 23.6. The van der Waals surface area contributed by atoms with Crippen molar-refractivity contribution in [1.82, 2.24) is 5.32 Å². The maximum Gasteiger partial charge on any atom is 0.227 e. The van der Waals surface area contributed by atoms with E-state index >= 15 is 0 Å². The molecule has 3 rings (SSSR count). The van der Waals surface area contributed by atoms with Crippen molar-refractivity contribution in [3.05, 3.63) is 95.3 Å². The molecule has 0 radical (unpaired) electrons. The molecule has 2 amide bonds. The van der Waals surface area contributed by atoms with Gasteiger partial charge in [0.25, 0.3) is 0 Å². The highest BCUT2D eigenvalue weighted by atomic mass is 19.1. The molecule has 1 N–H and O–H groups in total. The van der Waals surface area contributed by atoms with Crippen LogP contribution in [-0.2, 0) is 29.0 Å². The summed E-state index contributed by atoms with van der Waals surface area (Å²) in [6.45, 7) is 2.68. The Hall–Kier alpha value is -3.67. The Balaban J connectivity index is 1.60. The number of halogens is 1. The predicted molar refractivity (Wildman–Crippen MR) is 128 cm³/mol. The van der Waals surface area contributed by atoms with E-state index in [1.165, 1.54) is 12.1 Å². The number of carbonyl (C=O) groups is 2. The first-order valence-electron chi connectivity index (χ1n) is 11.0. The molecule has 6 heteroatoms. The summed E-state index contributed by atoms with van der Waals surface area (Å²) in [6, 6.07) is 21.3. The fourth-order valence-electron chi connectivity index (χ4n) is 3.51. The van der Waals surface area contributed by atoms with Crippen LogP contribution in [0.25, 0.3) is 0 Å². The van der Waals surface area contributed by atoms with Crippen molar-refractivity contribution in [2.45, 2.75) is 32.7 Å². The van der Waals surface area contributed by atoms with Gasteiger partial charge in [-0.15, -0.1) is 0 Å².